The van der Waals surface area contributed by atoms with Gasteiger partial charge in [0.25, 0.3) is 5.56 Å². The van der Waals surface area contributed by atoms with Gasteiger partial charge in [-0.3, -0.25) is 14.2 Å². The molecule has 6 nitrogen and oxygen atoms in total. The monoisotopic (exact) mass is 417 g/mol. The Labute approximate surface area is 183 Å². The third-order valence-corrected chi connectivity index (χ3v) is 6.25. The number of aromatic nitrogens is 2. The Balaban J connectivity index is 1.71. The van der Waals surface area contributed by atoms with Gasteiger partial charge in [0.15, 0.2) is 0 Å². The maximum absolute atomic E-state index is 12.9. The van der Waals surface area contributed by atoms with E-state index in [1.165, 1.54) is 0 Å². The molecule has 0 spiro atoms. The smallest absolute Gasteiger partial charge is 0.258 e. The van der Waals surface area contributed by atoms with Gasteiger partial charge in [0.2, 0.25) is 0 Å². The zero-order chi connectivity index (χ0) is 22.0. The van der Waals surface area contributed by atoms with E-state index in [-0.39, 0.29) is 5.56 Å². The summed E-state index contributed by atoms with van der Waals surface area (Å²) < 4.78 is 1.64. The molecule has 31 heavy (non-hydrogen) atoms. The number of pyridine rings is 1. The lowest BCUT2D eigenvalue weighted by molar-refractivity contribution is 0.588. The van der Waals surface area contributed by atoms with Gasteiger partial charge in [-0.15, -0.1) is 0 Å². The molecule has 1 unspecified atom stereocenters. The number of piperazine rings is 1. The number of nitrogens with one attached hydrogen (secondary N) is 1. The van der Waals surface area contributed by atoms with Crippen LogP contribution in [0.25, 0.3) is 16.9 Å². The second-order valence-corrected chi connectivity index (χ2v) is 8.40. The highest BCUT2D eigenvalue weighted by atomic mass is 16.1. The minimum absolute atomic E-state index is 0.0709. The van der Waals surface area contributed by atoms with Gasteiger partial charge in [-0.25, -0.2) is 4.98 Å². The molecule has 0 radical (unpaired) electrons. The minimum Gasteiger partial charge on any atom is -0.368 e. The molecule has 2 aromatic heterocycles. The Morgan fingerprint density at radius 2 is 1.97 bits per heavy atom. The van der Waals surface area contributed by atoms with Crippen molar-refractivity contribution in [2.45, 2.75) is 34.1 Å². The number of hydrogen-bond donors (Lipinski definition) is 1. The zero-order valence-electron chi connectivity index (χ0n) is 18.9. The number of rotatable bonds is 5. The molecular weight excluding hydrogens is 386 g/mol. The van der Waals surface area contributed by atoms with Crippen molar-refractivity contribution < 1.29 is 0 Å². The average molecular weight is 418 g/mol. The third kappa shape index (κ3) is 4.54. The fraction of sp³-hybridized carbons (Fsp3) is 0.400. The van der Waals surface area contributed by atoms with Crippen LogP contribution >= 0.6 is 0 Å². The molecule has 6 heteroatoms. The molecule has 4 rings (SSSR count). The van der Waals surface area contributed by atoms with E-state index in [0.717, 1.165) is 60.8 Å². The van der Waals surface area contributed by atoms with Crippen molar-refractivity contribution in [3.63, 3.8) is 0 Å². The molecule has 0 saturated carbocycles. The van der Waals surface area contributed by atoms with Gasteiger partial charge in [0.05, 0.1) is 17.1 Å². The molecule has 1 aliphatic heterocycles. The maximum atomic E-state index is 12.9. The highest BCUT2D eigenvalue weighted by molar-refractivity contribution is 5.87. The first-order chi connectivity index (χ1) is 15.0. The lowest BCUT2D eigenvalue weighted by atomic mass is 10.0. The van der Waals surface area contributed by atoms with Crippen LogP contribution in [0.3, 0.4) is 0 Å². The number of aryl methyl sites for hydroxylation is 1. The molecular formula is C25H31N5O. The number of hydrogen-bond acceptors (Lipinski definition) is 5. The zero-order valence-corrected chi connectivity index (χ0v) is 18.9. The van der Waals surface area contributed by atoms with Crippen LogP contribution in [-0.2, 0) is 0 Å². The molecule has 0 bridgehead atoms. The van der Waals surface area contributed by atoms with Gasteiger partial charge in [-0.1, -0.05) is 26.0 Å². The molecule has 3 heterocycles. The summed E-state index contributed by atoms with van der Waals surface area (Å²) in [5.41, 5.74) is 6.40. The third-order valence-electron chi connectivity index (χ3n) is 6.25. The Morgan fingerprint density at radius 1 is 1.19 bits per heavy atom. The maximum Gasteiger partial charge on any atom is 0.258 e. The van der Waals surface area contributed by atoms with Gasteiger partial charge in [-0.2, -0.15) is 0 Å². The van der Waals surface area contributed by atoms with Crippen LogP contribution in [0.1, 0.15) is 32.8 Å². The number of fused-ring (bicyclic) bond motifs is 1. The first-order valence-corrected chi connectivity index (χ1v) is 11.1. The molecule has 0 aliphatic carbocycles. The Hall–Kier alpha value is -2.99. The van der Waals surface area contributed by atoms with Crippen molar-refractivity contribution >= 4 is 22.7 Å². The summed E-state index contributed by atoms with van der Waals surface area (Å²) in [6, 6.07) is 11.7. The first-order valence-electron chi connectivity index (χ1n) is 11.1. The van der Waals surface area contributed by atoms with Crippen molar-refractivity contribution in [2.24, 2.45) is 10.9 Å². The molecule has 3 aromatic rings. The molecule has 1 saturated heterocycles. The van der Waals surface area contributed by atoms with E-state index >= 15 is 0 Å². The predicted molar refractivity (Wildman–Crippen MR) is 129 cm³/mol. The highest BCUT2D eigenvalue weighted by Crippen LogP contribution is 2.27. The topological polar surface area (TPSA) is 62.0 Å². The van der Waals surface area contributed by atoms with E-state index in [4.69, 9.17) is 9.98 Å². The van der Waals surface area contributed by atoms with Crippen LogP contribution < -0.4 is 15.8 Å². The molecule has 1 atom stereocenters. The van der Waals surface area contributed by atoms with Crippen LogP contribution in [-0.4, -0.2) is 41.3 Å². The van der Waals surface area contributed by atoms with E-state index in [1.54, 1.807) is 10.5 Å². The molecule has 1 aromatic carbocycles. The summed E-state index contributed by atoms with van der Waals surface area (Å²) in [4.78, 5) is 24.9. The van der Waals surface area contributed by atoms with Crippen LogP contribution in [0.2, 0.25) is 0 Å². The summed E-state index contributed by atoms with van der Waals surface area (Å²) in [5, 5.41) is 3.36. The predicted octanol–water partition coefficient (Wildman–Crippen LogP) is 4.22. The van der Waals surface area contributed by atoms with Gasteiger partial charge in [0.1, 0.15) is 5.65 Å². The van der Waals surface area contributed by atoms with Gasteiger partial charge < -0.3 is 10.2 Å². The minimum atomic E-state index is -0.0709. The van der Waals surface area contributed by atoms with Crippen molar-refractivity contribution in [3.8, 4) is 11.3 Å². The largest absolute Gasteiger partial charge is 0.368 e. The van der Waals surface area contributed by atoms with E-state index in [0.29, 0.717) is 17.3 Å². The van der Waals surface area contributed by atoms with E-state index < -0.39 is 0 Å². The van der Waals surface area contributed by atoms with Crippen LogP contribution in [0.15, 0.2) is 52.4 Å². The molecule has 1 aliphatic rings. The molecule has 1 N–H and O–H groups in total. The Kier molecular flexibility index (Phi) is 6.18. The van der Waals surface area contributed by atoms with Gasteiger partial charge in [0, 0.05) is 49.7 Å². The fourth-order valence-electron chi connectivity index (χ4n) is 3.83. The standard InChI is InChI=1S/C25H31N5O/c1-5-17(2)19(4)27-22-14-20(7-6-18(22)3)23-15-25(31)30-16-21(8-9-24(30)28-23)29-12-10-26-11-13-29/h6-9,14-17,26H,5,10-13H2,1-4H3/b27-19-. The quantitative estimate of drug-likeness (QED) is 0.632. The van der Waals surface area contributed by atoms with Crippen molar-refractivity contribution in [1.29, 1.82) is 0 Å². The van der Waals surface area contributed by atoms with E-state index in [1.807, 2.05) is 24.4 Å². The molecule has 162 valence electrons. The van der Waals surface area contributed by atoms with Gasteiger partial charge >= 0.3 is 0 Å². The van der Waals surface area contributed by atoms with Crippen molar-refractivity contribution in [2.75, 3.05) is 31.1 Å². The fourth-order valence-corrected chi connectivity index (χ4v) is 3.83. The lowest BCUT2D eigenvalue weighted by Crippen LogP contribution is -2.43. The second kappa shape index (κ2) is 9.02. The van der Waals surface area contributed by atoms with E-state index in [9.17, 15) is 4.79 Å². The average Bonchev–Trinajstić information content (AvgIpc) is 2.80. The van der Waals surface area contributed by atoms with Crippen molar-refractivity contribution in [3.05, 3.63) is 58.5 Å². The highest BCUT2D eigenvalue weighted by Gasteiger charge is 2.13. The normalized spacial score (nSPS) is 16.0. The van der Waals surface area contributed by atoms with Crippen LogP contribution in [0, 0.1) is 12.8 Å². The first kappa shape index (κ1) is 21.2. The van der Waals surface area contributed by atoms with Crippen molar-refractivity contribution in [1.82, 2.24) is 14.7 Å². The van der Waals surface area contributed by atoms with E-state index in [2.05, 4.69) is 50.0 Å². The molecule has 0 amide bonds. The number of nitrogens with zero attached hydrogens (tertiary/aromatic N) is 4. The Bertz CT molecular complexity index is 1170. The van der Waals surface area contributed by atoms with Gasteiger partial charge in [-0.05, 0) is 49.9 Å². The Morgan fingerprint density at radius 3 is 2.71 bits per heavy atom. The summed E-state index contributed by atoms with van der Waals surface area (Å²) in [7, 11) is 0. The summed E-state index contributed by atoms with van der Waals surface area (Å²) in [5.74, 6) is 0.441. The number of benzene rings is 1. The summed E-state index contributed by atoms with van der Waals surface area (Å²) in [6.07, 6.45) is 2.97. The number of anilines is 1. The lowest BCUT2D eigenvalue weighted by Gasteiger charge is -2.29. The summed E-state index contributed by atoms with van der Waals surface area (Å²) in [6.45, 7) is 12.3. The molecule has 1 fully saturated rings. The number of aliphatic imine (C=N–C) groups is 1. The van der Waals surface area contributed by atoms with Crippen LogP contribution in [0.5, 0.6) is 0 Å². The second-order valence-electron chi connectivity index (χ2n) is 8.40. The van der Waals surface area contributed by atoms with Crippen LogP contribution in [0.4, 0.5) is 11.4 Å². The summed E-state index contributed by atoms with van der Waals surface area (Å²) >= 11 is 0. The SMILES string of the molecule is CCC(C)/C(C)=N\c1cc(-c2cc(=O)n3cc(N4CCNCC4)ccc3n2)ccc1C.